The van der Waals surface area contributed by atoms with E-state index in [1.807, 2.05) is 12.1 Å². The number of fused-ring (bicyclic) bond motifs is 1. The van der Waals surface area contributed by atoms with Crippen LogP contribution in [0.3, 0.4) is 0 Å². The fraction of sp³-hybridized carbons (Fsp3) is 0.300. The zero-order valence-corrected chi connectivity index (χ0v) is 9.61. The van der Waals surface area contributed by atoms with Crippen LogP contribution in [0, 0.1) is 14.9 Å². The predicted octanol–water partition coefficient (Wildman–Crippen LogP) is 1.95. The molecule has 1 aliphatic heterocycles. The fourth-order valence-electron chi connectivity index (χ4n) is 1.57. The minimum atomic E-state index is 0.00264. The highest BCUT2D eigenvalue weighted by molar-refractivity contribution is 14.1. The van der Waals surface area contributed by atoms with Gasteiger partial charge in [-0.3, -0.25) is 0 Å². The maximum absolute atomic E-state index is 8.99. The van der Waals surface area contributed by atoms with Gasteiger partial charge in [0.25, 0.3) is 0 Å². The molecule has 1 aromatic rings. The molecule has 2 N–H and O–H groups in total. The summed E-state index contributed by atoms with van der Waals surface area (Å²) in [6, 6.07) is 6.01. The lowest BCUT2D eigenvalue weighted by molar-refractivity contribution is 0.268. The van der Waals surface area contributed by atoms with Gasteiger partial charge in [-0.05, 0) is 28.7 Å². The molecular weight excluding hydrogens is 291 g/mol. The summed E-state index contributed by atoms with van der Waals surface area (Å²) in [6.45, 7) is 0.600. The standard InChI is InChI=1S/C10H9IN2O/c11-8-2-1-6-9(13)3-4-14-10(6)7(8)5-12/h1-2,9H,3-4,13H2/t9-/m0/s1. The highest BCUT2D eigenvalue weighted by atomic mass is 127. The summed E-state index contributed by atoms with van der Waals surface area (Å²) in [4.78, 5) is 0. The molecule has 0 saturated heterocycles. The van der Waals surface area contributed by atoms with E-state index in [4.69, 9.17) is 15.7 Å². The third-order valence-electron chi connectivity index (χ3n) is 2.32. The van der Waals surface area contributed by atoms with Crippen molar-refractivity contribution in [3.8, 4) is 11.8 Å². The summed E-state index contributed by atoms with van der Waals surface area (Å²) in [7, 11) is 0. The van der Waals surface area contributed by atoms with Gasteiger partial charge in [0.1, 0.15) is 17.4 Å². The van der Waals surface area contributed by atoms with Gasteiger partial charge >= 0.3 is 0 Å². The van der Waals surface area contributed by atoms with Gasteiger partial charge in [-0.15, -0.1) is 0 Å². The third-order valence-corrected chi connectivity index (χ3v) is 3.22. The minimum Gasteiger partial charge on any atom is -0.492 e. The molecule has 14 heavy (non-hydrogen) atoms. The molecule has 0 amide bonds. The molecule has 1 atom stereocenters. The summed E-state index contributed by atoms with van der Waals surface area (Å²) in [5, 5.41) is 8.99. The van der Waals surface area contributed by atoms with Gasteiger partial charge in [-0.2, -0.15) is 5.26 Å². The van der Waals surface area contributed by atoms with E-state index in [1.165, 1.54) is 0 Å². The van der Waals surface area contributed by atoms with Crippen molar-refractivity contribution in [1.82, 2.24) is 0 Å². The zero-order valence-electron chi connectivity index (χ0n) is 7.46. The van der Waals surface area contributed by atoms with E-state index in [2.05, 4.69) is 28.7 Å². The lowest BCUT2D eigenvalue weighted by Crippen LogP contribution is -2.21. The molecule has 0 bridgehead atoms. The van der Waals surface area contributed by atoms with Gasteiger partial charge in [-0.1, -0.05) is 6.07 Å². The highest BCUT2D eigenvalue weighted by Gasteiger charge is 2.22. The number of nitrogens with zero attached hydrogens (tertiary/aromatic N) is 1. The van der Waals surface area contributed by atoms with Crippen molar-refractivity contribution in [1.29, 1.82) is 5.26 Å². The Morgan fingerprint density at radius 3 is 3.07 bits per heavy atom. The summed E-state index contributed by atoms with van der Waals surface area (Å²) in [5.74, 6) is 0.679. The number of rotatable bonds is 0. The number of halogens is 1. The Balaban J connectivity index is 2.63. The van der Waals surface area contributed by atoms with Crippen molar-refractivity contribution in [2.45, 2.75) is 12.5 Å². The van der Waals surface area contributed by atoms with Crippen LogP contribution in [0.25, 0.3) is 0 Å². The Morgan fingerprint density at radius 2 is 2.36 bits per heavy atom. The average molecular weight is 300 g/mol. The monoisotopic (exact) mass is 300 g/mol. The molecule has 0 aliphatic carbocycles. The maximum atomic E-state index is 8.99. The third kappa shape index (κ3) is 1.47. The predicted molar refractivity (Wildman–Crippen MR) is 60.9 cm³/mol. The highest BCUT2D eigenvalue weighted by Crippen LogP contribution is 2.35. The van der Waals surface area contributed by atoms with Crippen LogP contribution in [-0.4, -0.2) is 6.61 Å². The number of benzene rings is 1. The van der Waals surface area contributed by atoms with E-state index in [0.717, 1.165) is 15.6 Å². The molecule has 2 rings (SSSR count). The summed E-state index contributed by atoms with van der Waals surface area (Å²) in [6.07, 6.45) is 0.818. The Kier molecular flexibility index (Phi) is 2.61. The second-order valence-corrected chi connectivity index (χ2v) is 4.36. The molecule has 1 aromatic carbocycles. The summed E-state index contributed by atoms with van der Waals surface area (Å²) in [5.41, 5.74) is 7.49. The summed E-state index contributed by atoms with van der Waals surface area (Å²) < 4.78 is 6.40. The number of nitriles is 1. The first-order valence-electron chi connectivity index (χ1n) is 4.35. The van der Waals surface area contributed by atoms with E-state index in [0.29, 0.717) is 17.9 Å². The molecule has 3 nitrogen and oxygen atoms in total. The van der Waals surface area contributed by atoms with Crippen molar-refractivity contribution in [2.24, 2.45) is 5.73 Å². The topological polar surface area (TPSA) is 59.0 Å². The Hall–Kier alpha value is -0.800. The van der Waals surface area contributed by atoms with Crippen LogP contribution >= 0.6 is 22.6 Å². The lowest BCUT2D eigenvalue weighted by Gasteiger charge is -2.23. The molecule has 0 fully saturated rings. The first kappa shape index (κ1) is 9.74. The molecule has 1 aliphatic rings. The van der Waals surface area contributed by atoms with Crippen molar-refractivity contribution in [3.05, 3.63) is 26.8 Å². The smallest absolute Gasteiger partial charge is 0.142 e. The van der Waals surface area contributed by atoms with E-state index in [-0.39, 0.29) is 6.04 Å². The Morgan fingerprint density at radius 1 is 1.57 bits per heavy atom. The molecule has 0 aromatic heterocycles. The number of ether oxygens (including phenoxy) is 1. The van der Waals surface area contributed by atoms with Crippen molar-refractivity contribution in [3.63, 3.8) is 0 Å². The second kappa shape index (κ2) is 3.75. The lowest BCUT2D eigenvalue weighted by atomic mass is 9.99. The molecule has 0 radical (unpaired) electrons. The van der Waals surface area contributed by atoms with Crippen LogP contribution in [0.1, 0.15) is 23.6 Å². The van der Waals surface area contributed by atoms with Crippen molar-refractivity contribution < 1.29 is 4.74 Å². The van der Waals surface area contributed by atoms with Crippen molar-refractivity contribution >= 4 is 22.6 Å². The largest absolute Gasteiger partial charge is 0.492 e. The molecule has 1 heterocycles. The normalized spacial score (nSPS) is 19.4. The van der Waals surface area contributed by atoms with Gasteiger partial charge < -0.3 is 10.5 Å². The quantitative estimate of drug-likeness (QED) is 0.745. The van der Waals surface area contributed by atoms with E-state index < -0.39 is 0 Å². The maximum Gasteiger partial charge on any atom is 0.142 e. The summed E-state index contributed by atoms with van der Waals surface area (Å²) >= 11 is 2.13. The molecule has 72 valence electrons. The molecule has 0 saturated carbocycles. The van der Waals surface area contributed by atoms with Gasteiger partial charge in [0.2, 0.25) is 0 Å². The van der Waals surface area contributed by atoms with E-state index in [1.54, 1.807) is 0 Å². The SMILES string of the molecule is N#Cc1c(I)ccc2c1OCC[C@@H]2N. The van der Waals surface area contributed by atoms with Crippen LogP contribution < -0.4 is 10.5 Å². The number of hydrogen-bond donors (Lipinski definition) is 1. The first-order valence-corrected chi connectivity index (χ1v) is 5.43. The van der Waals surface area contributed by atoms with Crippen molar-refractivity contribution in [2.75, 3.05) is 6.61 Å². The molecule has 0 spiro atoms. The average Bonchev–Trinajstić information content (AvgIpc) is 2.18. The van der Waals surface area contributed by atoms with Crippen LogP contribution in [0.2, 0.25) is 0 Å². The van der Waals surface area contributed by atoms with Gasteiger partial charge in [0.15, 0.2) is 0 Å². The second-order valence-electron chi connectivity index (χ2n) is 3.20. The first-order chi connectivity index (χ1) is 6.74. The number of nitrogens with two attached hydrogens (primary N) is 1. The zero-order chi connectivity index (χ0) is 10.1. The van der Waals surface area contributed by atoms with Crippen LogP contribution in [0.5, 0.6) is 5.75 Å². The van der Waals surface area contributed by atoms with Gasteiger partial charge in [0.05, 0.1) is 6.61 Å². The van der Waals surface area contributed by atoms with Crippen LogP contribution in [0.4, 0.5) is 0 Å². The molecular formula is C10H9IN2O. The Labute approximate surface area is 96.0 Å². The van der Waals surface area contributed by atoms with E-state index >= 15 is 0 Å². The molecule has 0 unspecified atom stereocenters. The van der Waals surface area contributed by atoms with Crippen LogP contribution in [0.15, 0.2) is 12.1 Å². The van der Waals surface area contributed by atoms with Gasteiger partial charge in [-0.25, -0.2) is 0 Å². The minimum absolute atomic E-state index is 0.00264. The molecule has 4 heteroatoms. The number of hydrogen-bond acceptors (Lipinski definition) is 3. The van der Waals surface area contributed by atoms with E-state index in [9.17, 15) is 0 Å². The van der Waals surface area contributed by atoms with Gasteiger partial charge in [0, 0.05) is 21.6 Å². The van der Waals surface area contributed by atoms with Crippen LogP contribution in [-0.2, 0) is 0 Å². The Bertz CT molecular complexity index is 411. The fourth-order valence-corrected chi connectivity index (χ4v) is 2.12.